The van der Waals surface area contributed by atoms with E-state index in [2.05, 4.69) is 5.32 Å². The van der Waals surface area contributed by atoms with Crippen molar-refractivity contribution in [2.24, 2.45) is 0 Å². The molecule has 1 atom stereocenters. The minimum atomic E-state index is -1.39. The van der Waals surface area contributed by atoms with Crippen LogP contribution >= 0.6 is 11.3 Å². The number of nitrogens with zero attached hydrogens (tertiary/aromatic N) is 2. The van der Waals surface area contributed by atoms with Crippen molar-refractivity contribution in [3.63, 3.8) is 0 Å². The van der Waals surface area contributed by atoms with Gasteiger partial charge in [-0.3, -0.25) is 24.2 Å². The van der Waals surface area contributed by atoms with E-state index >= 15 is 0 Å². The number of ether oxygens (including phenoxy) is 1. The highest BCUT2D eigenvalue weighted by molar-refractivity contribution is 7.17. The Balaban J connectivity index is 1.63. The van der Waals surface area contributed by atoms with Gasteiger partial charge in [0.15, 0.2) is 0 Å². The van der Waals surface area contributed by atoms with Gasteiger partial charge in [0.1, 0.15) is 10.6 Å². The molecule has 12 nitrogen and oxygen atoms in total. The molecule has 194 valence electrons. The number of hydrogen-bond donors (Lipinski definition) is 3. The third kappa shape index (κ3) is 4.89. The molecule has 3 N–H and O–H groups in total. The number of anilines is 1. The lowest BCUT2D eigenvalue weighted by molar-refractivity contribution is -0.161. The summed E-state index contributed by atoms with van der Waals surface area (Å²) in [5.74, 6) is -4.89. The summed E-state index contributed by atoms with van der Waals surface area (Å²) in [5.41, 5.74) is -0.553. The first kappa shape index (κ1) is 25.8. The largest absolute Gasteiger partial charge is 0.478 e. The summed E-state index contributed by atoms with van der Waals surface area (Å²) in [7, 11) is 0. The summed E-state index contributed by atoms with van der Waals surface area (Å²) in [6.07, 6.45) is -1.45. The van der Waals surface area contributed by atoms with Crippen LogP contribution in [0.1, 0.15) is 62.3 Å². The smallest absolute Gasteiger partial charge is 0.407 e. The second-order valence-corrected chi connectivity index (χ2v) is 10.6. The molecular formula is C24H23N3O9S. The van der Waals surface area contributed by atoms with E-state index in [0.29, 0.717) is 4.88 Å². The molecule has 2 aliphatic rings. The molecular weight excluding hydrogens is 506 g/mol. The maximum Gasteiger partial charge on any atom is 0.407 e. The number of aromatic carboxylic acids is 1. The Bertz CT molecular complexity index is 1320. The second kappa shape index (κ2) is 9.32. The number of carbonyl (C=O) groups excluding carboxylic acids is 4. The summed E-state index contributed by atoms with van der Waals surface area (Å²) in [6, 6.07) is 5.30. The van der Waals surface area contributed by atoms with Gasteiger partial charge in [-0.1, -0.05) is 12.1 Å². The molecule has 2 aromatic rings. The van der Waals surface area contributed by atoms with Crippen molar-refractivity contribution in [2.75, 3.05) is 11.9 Å². The molecule has 0 bridgehead atoms. The first-order valence-electron chi connectivity index (χ1n) is 11.2. The predicted molar refractivity (Wildman–Crippen MR) is 129 cm³/mol. The molecule has 2 aliphatic heterocycles. The number of thiophene rings is 1. The van der Waals surface area contributed by atoms with Crippen LogP contribution in [0.5, 0.6) is 0 Å². The maximum atomic E-state index is 12.8. The zero-order chi connectivity index (χ0) is 27.2. The summed E-state index contributed by atoms with van der Waals surface area (Å²) < 4.78 is 5.01. The number of carboxylic acids is 1. The molecule has 0 aliphatic carbocycles. The van der Waals surface area contributed by atoms with Crippen molar-refractivity contribution in [2.45, 2.75) is 45.4 Å². The van der Waals surface area contributed by atoms with E-state index < -0.39 is 47.4 Å². The molecule has 0 saturated heterocycles. The second-order valence-electron chi connectivity index (χ2n) is 9.50. The Morgan fingerprint density at radius 2 is 1.68 bits per heavy atom. The van der Waals surface area contributed by atoms with Crippen LogP contribution in [0.2, 0.25) is 0 Å². The third-order valence-corrected chi connectivity index (χ3v) is 6.96. The van der Waals surface area contributed by atoms with Crippen LogP contribution in [0, 0.1) is 0 Å². The number of carboxylic acid groups (broad SMARTS) is 2. The standard InChI is InChI=1S/C24H23N3O9S/c1-24(2,3)36-22(33)17(28)25-18-16(21(31)32)14-8-11(26(23(34)35)10-15(14)37-18)9-27-19(29)12-6-4-5-7-13(12)20(27)30/h4-7,11H,8-10H2,1-3H3,(H,25,28)(H,31,32)(H,34,35). The molecule has 1 aromatic heterocycles. The third-order valence-electron chi connectivity index (χ3n) is 5.83. The molecule has 0 fully saturated rings. The van der Waals surface area contributed by atoms with Gasteiger partial charge in [-0.2, -0.15) is 0 Å². The average Bonchev–Trinajstić information content (AvgIpc) is 3.27. The Labute approximate surface area is 214 Å². The minimum absolute atomic E-state index is 0.129. The molecule has 3 heterocycles. The van der Waals surface area contributed by atoms with E-state index in [0.717, 1.165) is 21.1 Å². The van der Waals surface area contributed by atoms with Crippen molar-refractivity contribution >= 4 is 52.1 Å². The van der Waals surface area contributed by atoms with Crippen LogP contribution < -0.4 is 5.32 Å². The Morgan fingerprint density at radius 1 is 1.08 bits per heavy atom. The fourth-order valence-electron chi connectivity index (χ4n) is 4.28. The molecule has 1 unspecified atom stereocenters. The van der Waals surface area contributed by atoms with Crippen LogP contribution in [0.4, 0.5) is 9.80 Å². The van der Waals surface area contributed by atoms with Crippen LogP contribution in [-0.2, 0) is 27.3 Å². The summed E-state index contributed by atoms with van der Waals surface area (Å²) >= 11 is 0.838. The number of hydrogen-bond acceptors (Lipinski definition) is 8. The predicted octanol–water partition coefficient (Wildman–Crippen LogP) is 2.43. The lowest BCUT2D eigenvalue weighted by atomic mass is 9.96. The topological polar surface area (TPSA) is 171 Å². The molecule has 0 radical (unpaired) electrons. The van der Waals surface area contributed by atoms with Crippen molar-refractivity contribution in [1.82, 2.24) is 9.80 Å². The Morgan fingerprint density at radius 3 is 2.19 bits per heavy atom. The fourth-order valence-corrected chi connectivity index (χ4v) is 5.50. The molecule has 0 spiro atoms. The number of nitrogens with one attached hydrogen (secondary N) is 1. The van der Waals surface area contributed by atoms with Gasteiger partial charge in [0.2, 0.25) is 0 Å². The van der Waals surface area contributed by atoms with E-state index in [1.54, 1.807) is 32.9 Å². The van der Waals surface area contributed by atoms with Gasteiger partial charge < -0.3 is 20.3 Å². The summed E-state index contributed by atoms with van der Waals surface area (Å²) in [6.45, 7) is 4.19. The van der Waals surface area contributed by atoms with Gasteiger partial charge in [0.25, 0.3) is 11.8 Å². The molecule has 1 aromatic carbocycles. The quantitative estimate of drug-likeness (QED) is 0.306. The molecule has 13 heteroatoms. The van der Waals surface area contributed by atoms with Crippen molar-refractivity contribution in [3.8, 4) is 0 Å². The minimum Gasteiger partial charge on any atom is -0.478 e. The van der Waals surface area contributed by atoms with Crippen molar-refractivity contribution < 1.29 is 43.7 Å². The number of benzene rings is 1. The number of fused-ring (bicyclic) bond motifs is 2. The highest BCUT2D eigenvalue weighted by atomic mass is 32.1. The number of imide groups is 1. The first-order chi connectivity index (χ1) is 17.3. The molecule has 37 heavy (non-hydrogen) atoms. The van der Waals surface area contributed by atoms with E-state index in [1.807, 2.05) is 0 Å². The van der Waals surface area contributed by atoms with Gasteiger partial charge in [-0.15, -0.1) is 11.3 Å². The van der Waals surface area contributed by atoms with Crippen molar-refractivity contribution in [3.05, 3.63) is 51.4 Å². The molecule has 4 rings (SSSR count). The average molecular weight is 530 g/mol. The van der Waals surface area contributed by atoms with Crippen LogP contribution in [0.25, 0.3) is 0 Å². The van der Waals surface area contributed by atoms with Crippen molar-refractivity contribution in [1.29, 1.82) is 0 Å². The van der Waals surface area contributed by atoms with Gasteiger partial charge in [-0.25, -0.2) is 14.4 Å². The lowest BCUT2D eigenvalue weighted by Crippen LogP contribution is -2.50. The molecule has 0 saturated carbocycles. The fraction of sp³-hybridized carbons (Fsp3) is 0.333. The normalized spacial score (nSPS) is 16.8. The number of amides is 4. The van der Waals surface area contributed by atoms with Gasteiger partial charge in [-0.05, 0) is 44.9 Å². The van der Waals surface area contributed by atoms with Crippen LogP contribution in [0.3, 0.4) is 0 Å². The first-order valence-corrected chi connectivity index (χ1v) is 12.0. The lowest BCUT2D eigenvalue weighted by Gasteiger charge is -2.35. The SMILES string of the molecule is CC(C)(C)OC(=O)C(=O)Nc1sc2c(c1C(=O)O)CC(CN1C(=O)c3ccccc3C1=O)N(C(=O)O)C2. The maximum absolute atomic E-state index is 12.8. The van der Waals surface area contributed by atoms with Gasteiger partial charge in [0.05, 0.1) is 35.8 Å². The highest BCUT2D eigenvalue weighted by Gasteiger charge is 2.42. The van der Waals surface area contributed by atoms with E-state index in [4.69, 9.17) is 4.74 Å². The van der Waals surface area contributed by atoms with E-state index in [1.165, 1.54) is 12.1 Å². The zero-order valence-electron chi connectivity index (χ0n) is 20.1. The number of esters is 1. The summed E-state index contributed by atoms with van der Waals surface area (Å²) in [5, 5.41) is 21.8. The number of carbonyl (C=O) groups is 6. The Kier molecular flexibility index (Phi) is 6.50. The monoisotopic (exact) mass is 529 g/mol. The van der Waals surface area contributed by atoms with E-state index in [-0.39, 0.29) is 46.8 Å². The number of rotatable bonds is 4. The van der Waals surface area contributed by atoms with E-state index in [9.17, 15) is 39.0 Å². The van der Waals surface area contributed by atoms with Crippen LogP contribution in [-0.4, -0.2) is 74.0 Å². The highest BCUT2D eigenvalue weighted by Crippen LogP contribution is 2.39. The van der Waals surface area contributed by atoms with Crippen LogP contribution in [0.15, 0.2) is 24.3 Å². The van der Waals surface area contributed by atoms with Gasteiger partial charge >= 0.3 is 23.9 Å². The van der Waals surface area contributed by atoms with Gasteiger partial charge in [0, 0.05) is 4.88 Å². The Hall–Kier alpha value is -4.26. The zero-order valence-corrected chi connectivity index (χ0v) is 20.9. The molecule has 4 amide bonds. The summed E-state index contributed by atoms with van der Waals surface area (Å²) in [4.78, 5) is 76.6.